The van der Waals surface area contributed by atoms with E-state index in [0.29, 0.717) is 12.8 Å². The Balaban J connectivity index is 1.14. The summed E-state index contributed by atoms with van der Waals surface area (Å²) in [4.78, 5) is 49.9. The number of esters is 4. The summed E-state index contributed by atoms with van der Waals surface area (Å²) >= 11 is 0. The van der Waals surface area contributed by atoms with Crippen LogP contribution in [0.15, 0.2) is 0 Å². The molecule has 1 N–H and O–H groups in total. The van der Waals surface area contributed by atoms with Crippen molar-refractivity contribution in [2.75, 3.05) is 13.2 Å². The fraction of sp³-hybridized carbons (Fsp3) is 0.826. The molecule has 0 aromatic rings. The molecular formula is C23H28F2O13S. The first-order chi connectivity index (χ1) is 18.1. The highest BCUT2D eigenvalue weighted by Crippen LogP contribution is 2.55. The van der Waals surface area contributed by atoms with Gasteiger partial charge in [-0.05, 0) is 51.4 Å². The van der Waals surface area contributed by atoms with Crippen LogP contribution >= 0.6 is 0 Å². The molecule has 0 radical (unpaired) electrons. The van der Waals surface area contributed by atoms with Gasteiger partial charge in [-0.1, -0.05) is 0 Å². The van der Waals surface area contributed by atoms with Crippen LogP contribution in [0.5, 0.6) is 0 Å². The van der Waals surface area contributed by atoms with E-state index in [1.165, 1.54) is 0 Å². The molecule has 0 aromatic carbocycles. The molecule has 218 valence electrons. The molecule has 0 aromatic heterocycles. The highest BCUT2D eigenvalue weighted by atomic mass is 32.2. The summed E-state index contributed by atoms with van der Waals surface area (Å²) in [7, 11) is -5.84. The van der Waals surface area contributed by atoms with Crippen molar-refractivity contribution in [2.24, 2.45) is 23.7 Å². The maximum absolute atomic E-state index is 13.5. The van der Waals surface area contributed by atoms with Gasteiger partial charge in [-0.2, -0.15) is 17.2 Å². The molecule has 0 amide bonds. The van der Waals surface area contributed by atoms with E-state index in [0.717, 1.165) is 25.7 Å². The zero-order chi connectivity index (χ0) is 28.5. The summed E-state index contributed by atoms with van der Waals surface area (Å²) in [6.07, 6.45) is -2.62. The van der Waals surface area contributed by atoms with E-state index in [4.69, 9.17) is 28.2 Å². The smallest absolute Gasteiger partial charge is 0.405 e. The van der Waals surface area contributed by atoms with Gasteiger partial charge in [0.25, 0.3) is 0 Å². The van der Waals surface area contributed by atoms with Crippen LogP contribution in [0.2, 0.25) is 0 Å². The van der Waals surface area contributed by atoms with Crippen LogP contribution < -0.4 is 0 Å². The van der Waals surface area contributed by atoms with Gasteiger partial charge in [0.1, 0.15) is 42.9 Å². The van der Waals surface area contributed by atoms with Gasteiger partial charge in [-0.3, -0.25) is 14.1 Å². The first kappa shape index (κ1) is 28.1. The minimum Gasteiger partial charge on any atom is -0.459 e. The van der Waals surface area contributed by atoms with E-state index in [9.17, 15) is 36.4 Å². The summed E-state index contributed by atoms with van der Waals surface area (Å²) in [6, 6.07) is 0. The van der Waals surface area contributed by atoms with Crippen molar-refractivity contribution in [3.05, 3.63) is 0 Å². The summed E-state index contributed by atoms with van der Waals surface area (Å²) < 4.78 is 88.4. The molecule has 5 fully saturated rings. The second kappa shape index (κ2) is 9.59. The third kappa shape index (κ3) is 4.78. The number of hydrogen-bond donors (Lipinski definition) is 1. The van der Waals surface area contributed by atoms with E-state index in [2.05, 4.69) is 4.74 Å². The number of rotatable bonds is 10. The first-order valence-electron chi connectivity index (χ1n) is 12.5. The van der Waals surface area contributed by atoms with Crippen molar-refractivity contribution < 1.29 is 69.4 Å². The lowest BCUT2D eigenvalue weighted by Crippen LogP contribution is -2.50. The minimum atomic E-state index is -5.84. The Kier molecular flexibility index (Phi) is 6.91. The largest absolute Gasteiger partial charge is 0.459 e. The summed E-state index contributed by atoms with van der Waals surface area (Å²) in [6.45, 7) is 0.560. The van der Waals surface area contributed by atoms with Crippen LogP contribution in [-0.4, -0.2) is 91.4 Å². The number of carbonyl (C=O) groups is 4. The van der Waals surface area contributed by atoms with Crippen molar-refractivity contribution in [1.82, 2.24) is 0 Å². The van der Waals surface area contributed by atoms with Crippen LogP contribution in [-0.2, 0) is 57.7 Å². The average Bonchev–Trinajstić information content (AvgIpc) is 3.60. The van der Waals surface area contributed by atoms with E-state index < -0.39 is 100 Å². The molecule has 39 heavy (non-hydrogen) atoms. The van der Waals surface area contributed by atoms with E-state index in [-0.39, 0.29) is 5.92 Å². The third-order valence-electron chi connectivity index (χ3n) is 8.44. The Morgan fingerprint density at radius 1 is 1.15 bits per heavy atom. The molecular weight excluding hydrogens is 554 g/mol. The molecule has 5 aliphatic rings. The standard InChI is InChI=1S/C23H28F2O13S/c1-9(23(24,25)39(30,31)32)34-12(26)7-33-8-13(27)35-18-17-15(14-16(36-17)19(18)37-20(14)28)21(29)38-22(2)6-10-3-4-11(22)5-10/h9-11,14-19H,3-8H2,1-2H3,(H,30,31,32). The Hall–Kier alpha value is -2.43. The molecule has 5 rings (SSSR count). The van der Waals surface area contributed by atoms with Crippen LogP contribution in [0.25, 0.3) is 0 Å². The predicted octanol–water partition coefficient (Wildman–Crippen LogP) is 0.388. The molecule has 13 nitrogen and oxygen atoms in total. The van der Waals surface area contributed by atoms with Gasteiger partial charge in [0.05, 0.1) is 0 Å². The van der Waals surface area contributed by atoms with E-state index in [1.54, 1.807) is 0 Å². The van der Waals surface area contributed by atoms with Gasteiger partial charge in [-0.15, -0.1) is 0 Å². The summed E-state index contributed by atoms with van der Waals surface area (Å²) in [5, 5.41) is -4.76. The zero-order valence-corrected chi connectivity index (χ0v) is 21.8. The second-order valence-corrected chi connectivity index (χ2v) is 12.4. The monoisotopic (exact) mass is 582 g/mol. The zero-order valence-electron chi connectivity index (χ0n) is 20.9. The van der Waals surface area contributed by atoms with Gasteiger partial charge in [0, 0.05) is 0 Å². The Labute approximate surface area is 221 Å². The molecule has 3 aliphatic heterocycles. The molecule has 2 saturated carbocycles. The Morgan fingerprint density at radius 3 is 2.46 bits per heavy atom. The predicted molar refractivity (Wildman–Crippen MR) is 118 cm³/mol. The van der Waals surface area contributed by atoms with Gasteiger partial charge in [0.2, 0.25) is 0 Å². The van der Waals surface area contributed by atoms with Crippen molar-refractivity contribution in [2.45, 2.75) is 80.9 Å². The number of hydrogen-bond acceptors (Lipinski definition) is 12. The number of alkyl halides is 2. The minimum absolute atomic E-state index is 0.244. The van der Waals surface area contributed by atoms with Crippen molar-refractivity contribution in [3.63, 3.8) is 0 Å². The maximum atomic E-state index is 13.5. The fourth-order valence-electron chi connectivity index (χ4n) is 6.63. The molecule has 3 heterocycles. The Bertz CT molecular complexity index is 1170. The average molecular weight is 583 g/mol. The second-order valence-electron chi connectivity index (χ2n) is 10.9. The highest BCUT2D eigenvalue weighted by Gasteiger charge is 2.72. The van der Waals surface area contributed by atoms with E-state index in [1.807, 2.05) is 6.92 Å². The molecule has 4 bridgehead atoms. The van der Waals surface area contributed by atoms with Crippen LogP contribution in [0.3, 0.4) is 0 Å². The van der Waals surface area contributed by atoms with Crippen molar-refractivity contribution in [3.8, 4) is 0 Å². The van der Waals surface area contributed by atoms with Gasteiger partial charge in [-0.25, -0.2) is 9.59 Å². The van der Waals surface area contributed by atoms with Crippen LogP contribution in [0.4, 0.5) is 8.78 Å². The molecule has 2 aliphatic carbocycles. The molecule has 10 atom stereocenters. The maximum Gasteiger partial charge on any atom is 0.405 e. The normalized spacial score (nSPS) is 38.9. The third-order valence-corrected chi connectivity index (χ3v) is 9.46. The van der Waals surface area contributed by atoms with Crippen LogP contribution in [0, 0.1) is 23.7 Å². The van der Waals surface area contributed by atoms with Crippen LogP contribution in [0.1, 0.15) is 39.5 Å². The highest BCUT2D eigenvalue weighted by molar-refractivity contribution is 7.86. The topological polar surface area (TPSA) is 178 Å². The summed E-state index contributed by atoms with van der Waals surface area (Å²) in [5.74, 6) is -4.91. The van der Waals surface area contributed by atoms with Gasteiger partial charge >= 0.3 is 39.2 Å². The van der Waals surface area contributed by atoms with Gasteiger partial charge in [0.15, 0.2) is 18.3 Å². The number of fused-ring (bicyclic) bond motifs is 3. The van der Waals surface area contributed by atoms with Crippen molar-refractivity contribution in [1.29, 1.82) is 0 Å². The lowest BCUT2D eigenvalue weighted by molar-refractivity contribution is -0.178. The van der Waals surface area contributed by atoms with Gasteiger partial charge < -0.3 is 28.4 Å². The molecule has 16 heteroatoms. The molecule has 10 unspecified atom stereocenters. The van der Waals surface area contributed by atoms with Crippen molar-refractivity contribution >= 4 is 34.0 Å². The first-order valence-corrected chi connectivity index (χ1v) is 14.0. The number of halogens is 2. The number of ether oxygens (including phenoxy) is 6. The Morgan fingerprint density at radius 2 is 1.85 bits per heavy atom. The fourth-order valence-corrected chi connectivity index (χ4v) is 7.10. The number of carbonyl (C=O) groups excluding carboxylic acids is 4. The lowest BCUT2D eigenvalue weighted by atomic mass is 9.78. The van der Waals surface area contributed by atoms with E-state index >= 15 is 0 Å². The molecule has 3 saturated heterocycles. The molecule has 0 spiro atoms. The quantitative estimate of drug-likeness (QED) is 0.213. The SMILES string of the molecule is CC(OC(=O)COCC(=O)OC1C2OC(=O)C3C2OC1C3C(=O)OC1(C)CC2CCC1C2)C(F)(F)S(=O)(=O)O. The summed E-state index contributed by atoms with van der Waals surface area (Å²) in [5.41, 5.74) is -0.638. The lowest BCUT2D eigenvalue weighted by Gasteiger charge is -2.36.